The molecular weight excluding hydrogens is 400 g/mol. The molecule has 1 aromatic heterocycles. The molecule has 1 aliphatic rings. The summed E-state index contributed by atoms with van der Waals surface area (Å²) in [6, 6.07) is 17.8. The fourth-order valence-electron chi connectivity index (χ4n) is 3.13. The molecular formula is C22H22N4O3S. The van der Waals surface area contributed by atoms with Gasteiger partial charge in [-0.15, -0.1) is 11.3 Å². The number of hydrogen-bond donors (Lipinski definition) is 2. The fraction of sp³-hybridized carbons (Fsp3) is 0.227. The van der Waals surface area contributed by atoms with Crippen LogP contribution in [-0.2, 0) is 16.0 Å². The van der Waals surface area contributed by atoms with Crippen LogP contribution in [-0.4, -0.2) is 43.1 Å². The fourth-order valence-corrected chi connectivity index (χ4v) is 3.99. The van der Waals surface area contributed by atoms with Gasteiger partial charge in [-0.3, -0.25) is 20.4 Å². The van der Waals surface area contributed by atoms with Gasteiger partial charge in [-0.1, -0.05) is 54.6 Å². The highest BCUT2D eigenvalue weighted by molar-refractivity contribution is 7.13. The molecule has 8 heteroatoms. The lowest BCUT2D eigenvalue weighted by molar-refractivity contribution is -0.121. The molecule has 2 N–H and O–H groups in total. The molecule has 30 heavy (non-hydrogen) atoms. The molecule has 0 saturated carbocycles. The zero-order valence-corrected chi connectivity index (χ0v) is 17.2. The minimum absolute atomic E-state index is 0.172. The Bertz CT molecular complexity index is 999. The molecule has 2 amide bonds. The van der Waals surface area contributed by atoms with Gasteiger partial charge in [0.15, 0.2) is 5.13 Å². The second-order valence-corrected chi connectivity index (χ2v) is 7.69. The van der Waals surface area contributed by atoms with Gasteiger partial charge in [0.1, 0.15) is 5.69 Å². The number of hydrogen-bond acceptors (Lipinski definition) is 6. The number of benzene rings is 2. The monoisotopic (exact) mass is 422 g/mol. The summed E-state index contributed by atoms with van der Waals surface area (Å²) in [7, 11) is 0. The number of hydrazine groups is 1. The minimum Gasteiger partial charge on any atom is -0.378 e. The van der Waals surface area contributed by atoms with Crippen molar-refractivity contribution >= 4 is 28.3 Å². The maximum Gasteiger partial charge on any atom is 0.289 e. The van der Waals surface area contributed by atoms with E-state index in [0.29, 0.717) is 13.2 Å². The van der Waals surface area contributed by atoms with Crippen molar-refractivity contribution in [1.82, 2.24) is 15.8 Å². The first-order chi connectivity index (χ1) is 14.7. The van der Waals surface area contributed by atoms with E-state index >= 15 is 0 Å². The third-order valence-electron chi connectivity index (χ3n) is 4.75. The highest BCUT2D eigenvalue weighted by Crippen LogP contribution is 2.21. The van der Waals surface area contributed by atoms with Gasteiger partial charge in [0.25, 0.3) is 5.91 Å². The Morgan fingerprint density at radius 1 is 0.967 bits per heavy atom. The molecule has 2 aromatic carbocycles. The van der Waals surface area contributed by atoms with E-state index < -0.39 is 5.91 Å². The molecule has 0 spiro atoms. The van der Waals surface area contributed by atoms with Crippen molar-refractivity contribution < 1.29 is 14.3 Å². The number of nitrogens with zero attached hydrogens (tertiary/aromatic N) is 2. The molecule has 0 bridgehead atoms. The maximum atomic E-state index is 12.3. The summed E-state index contributed by atoms with van der Waals surface area (Å²) >= 11 is 1.41. The van der Waals surface area contributed by atoms with Crippen molar-refractivity contribution in [1.29, 1.82) is 0 Å². The zero-order chi connectivity index (χ0) is 20.8. The van der Waals surface area contributed by atoms with Crippen LogP contribution in [0.1, 0.15) is 16.1 Å². The standard InChI is InChI=1S/C22H22N4O3S/c27-20(14-16-6-8-18(9-7-16)17-4-2-1-3-5-17)24-25-21(28)19-15-30-22(23-19)26-10-12-29-13-11-26/h1-9,15H,10-14H2,(H,24,27)(H,25,28). The molecule has 0 unspecified atom stereocenters. The molecule has 1 saturated heterocycles. The lowest BCUT2D eigenvalue weighted by Gasteiger charge is -2.25. The van der Waals surface area contributed by atoms with Crippen molar-refractivity contribution in [2.24, 2.45) is 0 Å². The number of rotatable bonds is 5. The third kappa shape index (κ3) is 5.03. The first-order valence-electron chi connectivity index (χ1n) is 9.71. The van der Waals surface area contributed by atoms with Crippen LogP contribution >= 0.6 is 11.3 Å². The number of morpholine rings is 1. The average molecular weight is 423 g/mol. The third-order valence-corrected chi connectivity index (χ3v) is 5.65. The van der Waals surface area contributed by atoms with Crippen molar-refractivity contribution in [3.8, 4) is 11.1 Å². The smallest absolute Gasteiger partial charge is 0.289 e. The summed E-state index contributed by atoms with van der Waals surface area (Å²) in [5.74, 6) is -0.724. The van der Waals surface area contributed by atoms with Crippen LogP contribution in [0.5, 0.6) is 0 Å². The molecule has 1 aliphatic heterocycles. The number of carbonyl (C=O) groups excluding carboxylic acids is 2. The van der Waals surface area contributed by atoms with Gasteiger partial charge in [-0.2, -0.15) is 0 Å². The normalized spacial score (nSPS) is 13.7. The van der Waals surface area contributed by atoms with Gasteiger partial charge < -0.3 is 9.64 Å². The number of ether oxygens (including phenoxy) is 1. The predicted octanol–water partition coefficient (Wildman–Crippen LogP) is 2.65. The van der Waals surface area contributed by atoms with E-state index in [4.69, 9.17) is 4.74 Å². The summed E-state index contributed by atoms with van der Waals surface area (Å²) in [5.41, 5.74) is 8.26. The average Bonchev–Trinajstić information content (AvgIpc) is 3.30. The zero-order valence-electron chi connectivity index (χ0n) is 16.3. The van der Waals surface area contributed by atoms with Crippen LogP contribution in [0.4, 0.5) is 5.13 Å². The first-order valence-corrected chi connectivity index (χ1v) is 10.6. The van der Waals surface area contributed by atoms with E-state index in [1.165, 1.54) is 11.3 Å². The van der Waals surface area contributed by atoms with E-state index in [2.05, 4.69) is 20.7 Å². The number of aromatic nitrogens is 1. The highest BCUT2D eigenvalue weighted by Gasteiger charge is 2.17. The Labute approximate surface area is 178 Å². The SMILES string of the molecule is O=C(Cc1ccc(-c2ccccc2)cc1)NNC(=O)c1csc(N2CCOCC2)n1. The van der Waals surface area contributed by atoms with Crippen molar-refractivity contribution in [2.75, 3.05) is 31.2 Å². The van der Waals surface area contributed by atoms with Gasteiger partial charge >= 0.3 is 0 Å². The van der Waals surface area contributed by atoms with Crippen LogP contribution in [0.15, 0.2) is 60.0 Å². The van der Waals surface area contributed by atoms with Gasteiger partial charge in [-0.25, -0.2) is 4.98 Å². The van der Waals surface area contributed by atoms with Crippen molar-refractivity contribution in [3.63, 3.8) is 0 Å². The molecule has 0 aliphatic carbocycles. The van der Waals surface area contributed by atoms with Crippen molar-refractivity contribution in [2.45, 2.75) is 6.42 Å². The Balaban J connectivity index is 1.27. The number of nitrogens with one attached hydrogen (secondary N) is 2. The maximum absolute atomic E-state index is 12.3. The number of thiazole rings is 1. The topological polar surface area (TPSA) is 83.6 Å². The molecule has 0 radical (unpaired) electrons. The van der Waals surface area contributed by atoms with E-state index in [-0.39, 0.29) is 18.0 Å². The van der Waals surface area contributed by atoms with Crippen LogP contribution in [0.3, 0.4) is 0 Å². The minimum atomic E-state index is -0.432. The largest absolute Gasteiger partial charge is 0.378 e. The molecule has 7 nitrogen and oxygen atoms in total. The quantitative estimate of drug-likeness (QED) is 0.618. The van der Waals surface area contributed by atoms with Crippen molar-refractivity contribution in [3.05, 3.63) is 71.2 Å². The van der Waals surface area contributed by atoms with Crippen LogP contribution < -0.4 is 15.8 Å². The molecule has 154 valence electrons. The Morgan fingerprint density at radius 3 is 2.40 bits per heavy atom. The first kappa shape index (κ1) is 20.1. The Hall–Kier alpha value is -3.23. The van der Waals surface area contributed by atoms with Crippen LogP contribution in [0.2, 0.25) is 0 Å². The van der Waals surface area contributed by atoms with Gasteiger partial charge in [0, 0.05) is 18.5 Å². The van der Waals surface area contributed by atoms with E-state index in [0.717, 1.165) is 34.9 Å². The highest BCUT2D eigenvalue weighted by atomic mass is 32.1. The summed E-state index contributed by atoms with van der Waals surface area (Å²) in [6.07, 6.45) is 0.172. The second kappa shape index (κ2) is 9.51. The Kier molecular flexibility index (Phi) is 6.36. The van der Waals surface area contributed by atoms with Gasteiger partial charge in [0.05, 0.1) is 19.6 Å². The predicted molar refractivity (Wildman–Crippen MR) is 116 cm³/mol. The van der Waals surface area contributed by atoms with E-state index in [1.807, 2.05) is 54.6 Å². The Morgan fingerprint density at radius 2 is 1.67 bits per heavy atom. The molecule has 0 atom stereocenters. The van der Waals surface area contributed by atoms with E-state index in [1.54, 1.807) is 5.38 Å². The number of amides is 2. The van der Waals surface area contributed by atoms with Gasteiger partial charge in [0.2, 0.25) is 5.91 Å². The van der Waals surface area contributed by atoms with Crippen LogP contribution in [0.25, 0.3) is 11.1 Å². The van der Waals surface area contributed by atoms with Crippen LogP contribution in [0, 0.1) is 0 Å². The molecule has 1 fully saturated rings. The lowest BCUT2D eigenvalue weighted by Crippen LogP contribution is -2.42. The molecule has 3 aromatic rings. The number of carbonyl (C=O) groups is 2. The summed E-state index contributed by atoms with van der Waals surface area (Å²) in [6.45, 7) is 2.83. The molecule has 2 heterocycles. The summed E-state index contributed by atoms with van der Waals surface area (Å²) < 4.78 is 5.33. The second-order valence-electron chi connectivity index (χ2n) is 6.86. The molecule has 4 rings (SSSR count). The number of anilines is 1. The summed E-state index contributed by atoms with van der Waals surface area (Å²) in [5, 5.41) is 2.47. The van der Waals surface area contributed by atoms with Gasteiger partial charge in [-0.05, 0) is 16.7 Å². The summed E-state index contributed by atoms with van der Waals surface area (Å²) in [4.78, 5) is 30.9. The van der Waals surface area contributed by atoms with E-state index in [9.17, 15) is 9.59 Å². The lowest BCUT2D eigenvalue weighted by atomic mass is 10.0.